The van der Waals surface area contributed by atoms with Gasteiger partial charge in [0, 0.05) is 4.88 Å². The summed E-state index contributed by atoms with van der Waals surface area (Å²) in [5.74, 6) is -2.87. The number of esters is 1. The van der Waals surface area contributed by atoms with E-state index < -0.39 is 23.8 Å². The first-order valence-electron chi connectivity index (χ1n) is 10.5. The zero-order chi connectivity index (χ0) is 22.0. The first-order chi connectivity index (χ1) is 15.0. The predicted molar refractivity (Wildman–Crippen MR) is 118 cm³/mol. The van der Waals surface area contributed by atoms with Gasteiger partial charge in [-0.1, -0.05) is 42.5 Å². The van der Waals surface area contributed by atoms with Crippen molar-refractivity contribution in [3.8, 4) is 0 Å². The second kappa shape index (κ2) is 9.06. The Labute approximate surface area is 184 Å². The van der Waals surface area contributed by atoms with Crippen LogP contribution in [-0.2, 0) is 27.2 Å². The molecule has 31 heavy (non-hydrogen) atoms. The molecule has 6 nitrogen and oxygen atoms in total. The minimum atomic E-state index is -0.978. The summed E-state index contributed by atoms with van der Waals surface area (Å²) in [5, 5.41) is 12.8. The van der Waals surface area contributed by atoms with Crippen molar-refractivity contribution in [2.24, 2.45) is 11.8 Å². The molecule has 0 radical (unpaired) electrons. The van der Waals surface area contributed by atoms with Crippen LogP contribution in [0.5, 0.6) is 0 Å². The Morgan fingerprint density at radius 2 is 1.81 bits per heavy atom. The van der Waals surface area contributed by atoms with Crippen LogP contribution in [0.4, 0.5) is 5.00 Å². The topological polar surface area (TPSA) is 92.7 Å². The number of fused-ring (bicyclic) bond motifs is 1. The standard InChI is InChI=1S/C24H25NO5S/c1-30-24(29)20-18-12-11-15(14-7-3-2-4-8-14)13-19(18)31-22(20)25-21(26)16-9-5-6-10-17(16)23(27)28/h2-8,15-17H,9-13H2,1H3,(H,25,26)(H,27,28)/t15-,16+,17+/m1/s1. The molecule has 0 aliphatic heterocycles. The number of allylic oxidation sites excluding steroid dienone is 2. The van der Waals surface area contributed by atoms with Gasteiger partial charge in [0.25, 0.3) is 0 Å². The number of carboxylic acids is 1. The second-order valence-electron chi connectivity index (χ2n) is 8.03. The van der Waals surface area contributed by atoms with Crippen molar-refractivity contribution < 1.29 is 24.2 Å². The molecule has 0 spiro atoms. The average Bonchev–Trinajstić information content (AvgIpc) is 3.16. The fourth-order valence-corrected chi connectivity index (χ4v) is 5.90. The molecule has 7 heteroatoms. The molecule has 1 aromatic carbocycles. The number of benzene rings is 1. The highest BCUT2D eigenvalue weighted by atomic mass is 32.1. The number of anilines is 1. The van der Waals surface area contributed by atoms with Crippen LogP contribution in [0.1, 0.15) is 51.5 Å². The molecular weight excluding hydrogens is 414 g/mol. The maximum Gasteiger partial charge on any atom is 0.341 e. The molecule has 4 rings (SSSR count). The molecule has 2 aromatic rings. The Bertz CT molecular complexity index is 1030. The monoisotopic (exact) mass is 439 g/mol. The van der Waals surface area contributed by atoms with Crippen LogP contribution in [0.2, 0.25) is 0 Å². The zero-order valence-corrected chi connectivity index (χ0v) is 18.1. The number of rotatable bonds is 5. The van der Waals surface area contributed by atoms with Crippen molar-refractivity contribution in [1.82, 2.24) is 0 Å². The molecule has 3 atom stereocenters. The van der Waals surface area contributed by atoms with E-state index in [4.69, 9.17) is 4.74 Å². The lowest BCUT2D eigenvalue weighted by Crippen LogP contribution is -2.34. The molecule has 2 N–H and O–H groups in total. The van der Waals surface area contributed by atoms with Gasteiger partial charge in [0.2, 0.25) is 5.91 Å². The maximum atomic E-state index is 13.0. The summed E-state index contributed by atoms with van der Waals surface area (Å²) in [6.45, 7) is 0. The van der Waals surface area contributed by atoms with Gasteiger partial charge in [0.05, 0.1) is 24.5 Å². The van der Waals surface area contributed by atoms with Gasteiger partial charge in [0.15, 0.2) is 0 Å². The van der Waals surface area contributed by atoms with Gasteiger partial charge in [-0.3, -0.25) is 9.59 Å². The summed E-state index contributed by atoms with van der Waals surface area (Å²) in [6, 6.07) is 10.3. The first-order valence-corrected chi connectivity index (χ1v) is 11.3. The van der Waals surface area contributed by atoms with Crippen LogP contribution < -0.4 is 5.32 Å². The van der Waals surface area contributed by atoms with E-state index in [-0.39, 0.29) is 5.91 Å². The molecule has 0 unspecified atom stereocenters. The molecule has 1 aromatic heterocycles. The summed E-state index contributed by atoms with van der Waals surface area (Å²) in [5.41, 5.74) is 2.63. The molecule has 1 heterocycles. The molecule has 2 aliphatic rings. The number of hydrogen-bond donors (Lipinski definition) is 2. The number of hydrogen-bond acceptors (Lipinski definition) is 5. The van der Waals surface area contributed by atoms with Gasteiger partial charge >= 0.3 is 11.9 Å². The van der Waals surface area contributed by atoms with Crippen LogP contribution >= 0.6 is 11.3 Å². The molecule has 0 bridgehead atoms. The number of aliphatic carboxylic acids is 1. The van der Waals surface area contributed by atoms with Crippen molar-refractivity contribution in [3.05, 3.63) is 64.1 Å². The highest BCUT2D eigenvalue weighted by Gasteiger charge is 2.36. The summed E-state index contributed by atoms with van der Waals surface area (Å²) < 4.78 is 5.01. The SMILES string of the molecule is COC(=O)c1c(NC(=O)[C@H]2CC=CC[C@@H]2C(=O)O)sc2c1CC[C@@H](c1ccccc1)C2. The Kier molecular flexibility index (Phi) is 6.23. The zero-order valence-electron chi connectivity index (χ0n) is 17.3. The number of carbonyl (C=O) groups excluding carboxylic acids is 2. The molecule has 2 aliphatic carbocycles. The Morgan fingerprint density at radius 1 is 1.10 bits per heavy atom. The maximum absolute atomic E-state index is 13.0. The molecule has 0 saturated carbocycles. The van der Waals surface area contributed by atoms with E-state index in [1.807, 2.05) is 24.3 Å². The van der Waals surface area contributed by atoms with Gasteiger partial charge in [0.1, 0.15) is 5.00 Å². The van der Waals surface area contributed by atoms with E-state index in [0.29, 0.717) is 29.3 Å². The highest BCUT2D eigenvalue weighted by Crippen LogP contribution is 2.43. The third-order valence-electron chi connectivity index (χ3n) is 6.25. The van der Waals surface area contributed by atoms with Crippen LogP contribution in [0.3, 0.4) is 0 Å². The van der Waals surface area contributed by atoms with Gasteiger partial charge in [-0.25, -0.2) is 4.79 Å². The third kappa shape index (κ3) is 4.28. The average molecular weight is 440 g/mol. The first kappa shape index (κ1) is 21.3. The predicted octanol–water partition coefficient (Wildman–Crippen LogP) is 4.41. The molecule has 0 fully saturated rings. The number of ether oxygens (including phenoxy) is 1. The number of carboxylic acid groups (broad SMARTS) is 1. The van der Waals surface area contributed by atoms with Gasteiger partial charge < -0.3 is 15.2 Å². The number of methoxy groups -OCH3 is 1. The normalized spacial score (nSPS) is 22.4. The van der Waals surface area contributed by atoms with E-state index in [9.17, 15) is 19.5 Å². The molecule has 162 valence electrons. The summed E-state index contributed by atoms with van der Waals surface area (Å²) in [4.78, 5) is 38.2. The van der Waals surface area contributed by atoms with E-state index in [0.717, 1.165) is 29.7 Å². The van der Waals surface area contributed by atoms with E-state index in [1.54, 1.807) is 6.08 Å². The van der Waals surface area contributed by atoms with Crippen LogP contribution in [0.25, 0.3) is 0 Å². The summed E-state index contributed by atoms with van der Waals surface area (Å²) >= 11 is 1.41. The molecular formula is C24H25NO5S. The van der Waals surface area contributed by atoms with E-state index in [1.165, 1.54) is 24.0 Å². The number of nitrogens with one attached hydrogen (secondary N) is 1. The fourth-order valence-electron chi connectivity index (χ4n) is 4.58. The van der Waals surface area contributed by atoms with Crippen LogP contribution in [-0.4, -0.2) is 30.1 Å². The highest BCUT2D eigenvalue weighted by molar-refractivity contribution is 7.17. The van der Waals surface area contributed by atoms with Gasteiger partial charge in [-0.05, 0) is 49.1 Å². The quantitative estimate of drug-likeness (QED) is 0.532. The minimum absolute atomic E-state index is 0.330. The summed E-state index contributed by atoms with van der Waals surface area (Å²) in [7, 11) is 1.33. The number of carbonyl (C=O) groups is 3. The Morgan fingerprint density at radius 3 is 2.48 bits per heavy atom. The van der Waals surface area contributed by atoms with Crippen molar-refractivity contribution >= 4 is 34.2 Å². The third-order valence-corrected chi connectivity index (χ3v) is 7.42. The summed E-state index contributed by atoms with van der Waals surface area (Å²) in [6.07, 6.45) is 6.79. The Hall–Kier alpha value is -2.93. The number of amides is 1. The minimum Gasteiger partial charge on any atom is -0.481 e. The second-order valence-corrected chi connectivity index (χ2v) is 9.14. The smallest absolute Gasteiger partial charge is 0.341 e. The largest absolute Gasteiger partial charge is 0.481 e. The lowest BCUT2D eigenvalue weighted by Gasteiger charge is -2.24. The molecule has 1 amide bonds. The van der Waals surface area contributed by atoms with E-state index >= 15 is 0 Å². The van der Waals surface area contributed by atoms with Gasteiger partial charge in [-0.15, -0.1) is 11.3 Å². The van der Waals surface area contributed by atoms with Crippen molar-refractivity contribution in [2.45, 2.75) is 38.0 Å². The fraction of sp³-hybridized carbons (Fsp3) is 0.375. The van der Waals surface area contributed by atoms with Crippen molar-refractivity contribution in [2.75, 3.05) is 12.4 Å². The number of thiophene rings is 1. The lowest BCUT2D eigenvalue weighted by atomic mass is 9.82. The van der Waals surface area contributed by atoms with Gasteiger partial charge in [-0.2, -0.15) is 0 Å². The van der Waals surface area contributed by atoms with Crippen LogP contribution in [0, 0.1) is 11.8 Å². The van der Waals surface area contributed by atoms with Crippen molar-refractivity contribution in [1.29, 1.82) is 0 Å². The van der Waals surface area contributed by atoms with Crippen molar-refractivity contribution in [3.63, 3.8) is 0 Å². The molecule has 0 saturated heterocycles. The lowest BCUT2D eigenvalue weighted by molar-refractivity contribution is -0.146. The van der Waals surface area contributed by atoms with E-state index in [2.05, 4.69) is 17.4 Å². The van der Waals surface area contributed by atoms with Crippen LogP contribution in [0.15, 0.2) is 42.5 Å². The Balaban J connectivity index is 1.62.